The van der Waals surface area contributed by atoms with E-state index in [0.717, 1.165) is 65.2 Å². The first-order valence-corrected chi connectivity index (χ1v) is 14.2. The molecule has 0 radical (unpaired) electrons. The number of aryl methyl sites for hydroxylation is 1. The monoisotopic (exact) mass is 542 g/mol. The summed E-state index contributed by atoms with van der Waals surface area (Å²) in [4.78, 5) is 17.2. The van der Waals surface area contributed by atoms with Crippen molar-refractivity contribution in [2.45, 2.75) is 37.3 Å². The lowest BCUT2D eigenvalue weighted by molar-refractivity contribution is -0.114. The highest BCUT2D eigenvalue weighted by Gasteiger charge is 2.41. The van der Waals surface area contributed by atoms with E-state index in [9.17, 15) is 4.79 Å². The van der Waals surface area contributed by atoms with Crippen LogP contribution in [0.5, 0.6) is 0 Å². The maximum absolute atomic E-state index is 12.4. The van der Waals surface area contributed by atoms with Crippen LogP contribution in [0.15, 0.2) is 116 Å². The molecule has 1 N–H and O–H groups in total. The molecule has 5 aromatic rings. The predicted octanol–water partition coefficient (Wildman–Crippen LogP) is 6.55. The average molecular weight is 543 g/mol. The largest absolute Gasteiger partial charge is 0.381 e. The number of carbonyl (C=O) groups excluding carboxylic acids is 1. The standard InChI is InChI=1S/C35H34N4O2/c1-2-30(40)18-19-31-33-32(20-23-36-34(33)37-29-21-24-41-25-22-29)39(38-31)35(26-12-6-3-7-13-26,27-14-8-4-9-15-27)28-16-10-5-11-17-28/h2-17,20,23,29H,1,18-19,21-22,24-25H2,(H,36,37). The van der Waals surface area contributed by atoms with Gasteiger partial charge in [-0.25, -0.2) is 9.67 Å². The molecule has 0 atom stereocenters. The number of ketones is 1. The Labute approximate surface area is 240 Å². The van der Waals surface area contributed by atoms with Gasteiger partial charge < -0.3 is 10.1 Å². The first-order valence-electron chi connectivity index (χ1n) is 14.2. The van der Waals surface area contributed by atoms with E-state index in [-0.39, 0.29) is 11.8 Å². The van der Waals surface area contributed by atoms with Gasteiger partial charge in [-0.3, -0.25) is 4.79 Å². The number of benzene rings is 3. The summed E-state index contributed by atoms with van der Waals surface area (Å²) in [5.41, 5.74) is 4.28. The second-order valence-electron chi connectivity index (χ2n) is 10.4. The number of pyridine rings is 1. The van der Waals surface area contributed by atoms with E-state index in [4.69, 9.17) is 14.8 Å². The van der Waals surface area contributed by atoms with Gasteiger partial charge in [0.25, 0.3) is 0 Å². The maximum Gasteiger partial charge on any atom is 0.155 e. The molecule has 0 unspecified atom stereocenters. The van der Waals surface area contributed by atoms with Crippen molar-refractivity contribution < 1.29 is 9.53 Å². The van der Waals surface area contributed by atoms with Crippen LogP contribution >= 0.6 is 0 Å². The number of nitrogens with one attached hydrogen (secondary N) is 1. The third kappa shape index (κ3) is 5.07. The zero-order valence-electron chi connectivity index (χ0n) is 23.1. The van der Waals surface area contributed by atoms with Crippen LogP contribution < -0.4 is 5.32 Å². The number of anilines is 1. The molecule has 3 heterocycles. The van der Waals surface area contributed by atoms with Crippen LogP contribution in [0.3, 0.4) is 0 Å². The summed E-state index contributed by atoms with van der Waals surface area (Å²) in [6.45, 7) is 5.14. The second-order valence-corrected chi connectivity index (χ2v) is 10.4. The molecule has 1 aliphatic heterocycles. The van der Waals surface area contributed by atoms with Crippen LogP contribution in [0.4, 0.5) is 5.82 Å². The summed E-state index contributed by atoms with van der Waals surface area (Å²) in [5.74, 6) is 0.792. The van der Waals surface area contributed by atoms with Gasteiger partial charge in [0.2, 0.25) is 0 Å². The van der Waals surface area contributed by atoms with Crippen LogP contribution in [0.1, 0.15) is 41.6 Å². The topological polar surface area (TPSA) is 69.0 Å². The van der Waals surface area contributed by atoms with E-state index >= 15 is 0 Å². The molecule has 0 saturated carbocycles. The highest BCUT2D eigenvalue weighted by atomic mass is 16.5. The van der Waals surface area contributed by atoms with Crippen LogP contribution in [0.25, 0.3) is 10.9 Å². The number of ether oxygens (including phenoxy) is 1. The van der Waals surface area contributed by atoms with Crippen molar-refractivity contribution >= 4 is 22.5 Å². The Kier molecular flexibility index (Phi) is 7.74. The van der Waals surface area contributed by atoms with Crippen LogP contribution in [-0.2, 0) is 21.5 Å². The Bertz CT molecular complexity index is 1530. The summed E-state index contributed by atoms with van der Waals surface area (Å²) in [5, 5.41) is 10.0. The molecule has 206 valence electrons. The molecule has 41 heavy (non-hydrogen) atoms. The smallest absolute Gasteiger partial charge is 0.155 e. The lowest BCUT2D eigenvalue weighted by Crippen LogP contribution is -2.38. The van der Waals surface area contributed by atoms with Gasteiger partial charge in [0.05, 0.1) is 16.6 Å². The van der Waals surface area contributed by atoms with Crippen molar-refractivity contribution in [1.29, 1.82) is 0 Å². The minimum atomic E-state index is -0.778. The number of hydrogen-bond acceptors (Lipinski definition) is 5. The van der Waals surface area contributed by atoms with E-state index in [1.807, 2.05) is 30.5 Å². The lowest BCUT2D eigenvalue weighted by Gasteiger charge is -2.37. The number of carbonyl (C=O) groups is 1. The van der Waals surface area contributed by atoms with Gasteiger partial charge in [0.15, 0.2) is 5.78 Å². The van der Waals surface area contributed by atoms with Crippen molar-refractivity contribution in [3.05, 3.63) is 138 Å². The number of nitrogens with zero attached hydrogens (tertiary/aromatic N) is 3. The summed E-state index contributed by atoms with van der Waals surface area (Å²) < 4.78 is 7.74. The first kappa shape index (κ1) is 26.7. The molecule has 0 spiro atoms. The molecule has 0 aliphatic carbocycles. The summed E-state index contributed by atoms with van der Waals surface area (Å²) in [6.07, 6.45) is 5.89. The van der Waals surface area contributed by atoms with Gasteiger partial charge in [-0.05, 0) is 48.1 Å². The number of allylic oxidation sites excluding steroid dienone is 1. The van der Waals surface area contributed by atoms with Crippen molar-refractivity contribution in [3.63, 3.8) is 0 Å². The zero-order chi connectivity index (χ0) is 28.1. The molecule has 0 bridgehead atoms. The lowest BCUT2D eigenvalue weighted by atomic mass is 9.77. The van der Waals surface area contributed by atoms with Crippen LogP contribution in [0, 0.1) is 0 Å². The summed E-state index contributed by atoms with van der Waals surface area (Å²) in [7, 11) is 0. The minimum absolute atomic E-state index is 0.00373. The fraction of sp³-hybridized carbons (Fsp3) is 0.229. The molecule has 2 aromatic heterocycles. The molecule has 0 amide bonds. The molecule has 6 rings (SSSR count). The van der Waals surface area contributed by atoms with Crippen molar-refractivity contribution in [3.8, 4) is 0 Å². The SMILES string of the molecule is C=CC(=O)CCc1nn(C(c2ccccc2)(c2ccccc2)c2ccccc2)c2ccnc(NC3CCOCC3)c12. The second kappa shape index (κ2) is 11.9. The Morgan fingerprint density at radius 2 is 1.46 bits per heavy atom. The maximum atomic E-state index is 12.4. The van der Waals surface area contributed by atoms with Crippen molar-refractivity contribution in [2.75, 3.05) is 18.5 Å². The minimum Gasteiger partial charge on any atom is -0.381 e. The molecule has 1 fully saturated rings. The Morgan fingerprint density at radius 3 is 2.00 bits per heavy atom. The number of hydrogen-bond donors (Lipinski definition) is 1. The Balaban J connectivity index is 1.66. The first-order chi connectivity index (χ1) is 20.2. The highest BCUT2D eigenvalue weighted by molar-refractivity contribution is 5.94. The van der Waals surface area contributed by atoms with Crippen molar-refractivity contribution in [2.24, 2.45) is 0 Å². The van der Waals surface area contributed by atoms with Gasteiger partial charge in [-0.1, -0.05) is 97.6 Å². The molecule has 3 aromatic carbocycles. The highest BCUT2D eigenvalue weighted by Crippen LogP contribution is 2.43. The molecular formula is C35H34N4O2. The zero-order valence-corrected chi connectivity index (χ0v) is 23.1. The van der Waals surface area contributed by atoms with Gasteiger partial charge >= 0.3 is 0 Å². The third-order valence-electron chi connectivity index (χ3n) is 7.96. The Hall–Kier alpha value is -4.55. The van der Waals surface area contributed by atoms with Gasteiger partial charge in [0.1, 0.15) is 11.4 Å². The molecular weight excluding hydrogens is 508 g/mol. The number of aromatic nitrogens is 3. The Morgan fingerprint density at radius 1 is 0.902 bits per heavy atom. The van der Waals surface area contributed by atoms with E-state index in [1.54, 1.807) is 0 Å². The van der Waals surface area contributed by atoms with E-state index < -0.39 is 5.54 Å². The average Bonchev–Trinajstić information content (AvgIpc) is 3.42. The summed E-state index contributed by atoms with van der Waals surface area (Å²) in [6, 6.07) is 33.8. The fourth-order valence-electron chi connectivity index (χ4n) is 5.96. The third-order valence-corrected chi connectivity index (χ3v) is 7.96. The van der Waals surface area contributed by atoms with E-state index in [2.05, 4.69) is 89.4 Å². The van der Waals surface area contributed by atoms with Crippen molar-refractivity contribution in [1.82, 2.24) is 14.8 Å². The summed E-state index contributed by atoms with van der Waals surface area (Å²) >= 11 is 0. The predicted molar refractivity (Wildman–Crippen MR) is 163 cm³/mol. The molecule has 1 saturated heterocycles. The quantitative estimate of drug-likeness (QED) is 0.160. The molecule has 1 aliphatic rings. The molecule has 6 nitrogen and oxygen atoms in total. The fourth-order valence-corrected chi connectivity index (χ4v) is 5.96. The van der Waals surface area contributed by atoms with Gasteiger partial charge in [-0.2, -0.15) is 5.10 Å². The number of fused-ring (bicyclic) bond motifs is 1. The van der Waals surface area contributed by atoms with Crippen LogP contribution in [-0.4, -0.2) is 39.8 Å². The normalized spacial score (nSPS) is 14.1. The molecule has 6 heteroatoms. The van der Waals surface area contributed by atoms with E-state index in [1.165, 1.54) is 6.08 Å². The van der Waals surface area contributed by atoms with Gasteiger partial charge in [0, 0.05) is 31.9 Å². The van der Waals surface area contributed by atoms with Crippen LogP contribution in [0.2, 0.25) is 0 Å². The van der Waals surface area contributed by atoms with E-state index in [0.29, 0.717) is 12.8 Å². The number of rotatable bonds is 10. The van der Waals surface area contributed by atoms with Gasteiger partial charge in [-0.15, -0.1) is 0 Å².